The SMILES string of the molecule is CC1(C)c2ccccc2-c2c1c1ccccc1n2-c1ccc(-c2nc3ccccc3n2-c2ccccc2)cc1.CC1(C)c2ccccc2-c2c1c1ccccc1n2-c1ccc(-n2c(-c3ccccc3)nc3ccccc32)cc1.CC1(C)c2ccccc2-c2c1ccc1c2c2ccccc2n1-c1ccc(-c2ccc3ccc4cccnc4c3n2)cc1. The molecule has 0 radical (unpaired) electrons. The number of imidazole rings is 2. The van der Waals surface area contributed by atoms with E-state index in [1.54, 1.807) is 0 Å². The van der Waals surface area contributed by atoms with E-state index < -0.39 is 0 Å². The number of benzene rings is 15. The second-order valence-electron chi connectivity index (χ2n) is 33.6. The fourth-order valence-corrected chi connectivity index (χ4v) is 20.4. The average Bonchev–Trinajstić information content (AvgIpc) is 1.54. The van der Waals surface area contributed by atoms with Gasteiger partial charge in [-0.1, -0.05) is 284 Å². The fraction of sp³-hybridized carbons (Fsp3) is 0.0811. The zero-order chi connectivity index (χ0) is 80.3. The van der Waals surface area contributed by atoms with Crippen molar-refractivity contribution in [3.8, 4) is 96.1 Å². The van der Waals surface area contributed by atoms with E-state index in [1.165, 1.54) is 111 Å². The third kappa shape index (κ3) is 10.6. The molecule has 0 spiro atoms. The quantitative estimate of drug-likeness (QED) is 0.142. The van der Waals surface area contributed by atoms with Gasteiger partial charge in [0.2, 0.25) is 0 Å². The molecule has 15 aromatic carbocycles. The van der Waals surface area contributed by atoms with Gasteiger partial charge in [-0.05, 0) is 178 Å². The summed E-state index contributed by atoms with van der Waals surface area (Å²) in [6, 6.07) is 135. The van der Waals surface area contributed by atoms with Gasteiger partial charge >= 0.3 is 0 Å². The second-order valence-corrected chi connectivity index (χ2v) is 33.6. The fourth-order valence-electron chi connectivity index (χ4n) is 20.4. The third-order valence-corrected chi connectivity index (χ3v) is 25.9. The van der Waals surface area contributed by atoms with Crippen molar-refractivity contribution in [3.63, 3.8) is 0 Å². The Balaban J connectivity index is 0.000000105. The molecule has 0 bridgehead atoms. The summed E-state index contributed by atoms with van der Waals surface area (Å²) in [6.45, 7) is 14.1. The van der Waals surface area contributed by atoms with Crippen LogP contribution >= 0.6 is 0 Å². The monoisotopic (exact) mass is 1540 g/mol. The lowest BCUT2D eigenvalue weighted by Gasteiger charge is -2.21. The summed E-state index contributed by atoms with van der Waals surface area (Å²) < 4.78 is 11.8. The van der Waals surface area contributed by atoms with Gasteiger partial charge in [0.1, 0.15) is 11.6 Å². The summed E-state index contributed by atoms with van der Waals surface area (Å²) in [5, 5.41) is 7.48. The van der Waals surface area contributed by atoms with Gasteiger partial charge in [0.15, 0.2) is 0 Å². The van der Waals surface area contributed by atoms with Crippen molar-refractivity contribution < 1.29 is 0 Å². The molecule has 9 nitrogen and oxygen atoms in total. The van der Waals surface area contributed by atoms with Crippen LogP contribution in [0.25, 0.3) is 184 Å². The maximum absolute atomic E-state index is 5.07. The normalized spacial score (nSPS) is 13.6. The zero-order valence-corrected chi connectivity index (χ0v) is 67.4. The van der Waals surface area contributed by atoms with Gasteiger partial charge in [0, 0.05) is 111 Å². The number of rotatable bonds is 8. The molecule has 7 heterocycles. The van der Waals surface area contributed by atoms with Crippen LogP contribution in [0.3, 0.4) is 0 Å². The molecule has 25 rings (SSSR count). The minimum absolute atomic E-state index is 0.0291. The highest BCUT2D eigenvalue weighted by Crippen LogP contribution is 2.57. The van der Waals surface area contributed by atoms with Crippen LogP contribution in [0.2, 0.25) is 0 Å². The van der Waals surface area contributed by atoms with E-state index in [2.05, 4.69) is 433 Å². The summed E-state index contributed by atoms with van der Waals surface area (Å²) >= 11 is 0. The van der Waals surface area contributed by atoms with Crippen molar-refractivity contribution in [2.75, 3.05) is 0 Å². The highest BCUT2D eigenvalue weighted by atomic mass is 15.1. The lowest BCUT2D eigenvalue weighted by molar-refractivity contribution is 0.661. The van der Waals surface area contributed by atoms with Crippen molar-refractivity contribution >= 4 is 87.5 Å². The number of hydrogen-bond donors (Lipinski definition) is 0. The molecule has 0 saturated heterocycles. The van der Waals surface area contributed by atoms with Crippen molar-refractivity contribution in [3.05, 3.63) is 416 Å². The number of para-hydroxylation sites is 8. The van der Waals surface area contributed by atoms with E-state index in [9.17, 15) is 0 Å². The van der Waals surface area contributed by atoms with Gasteiger partial charge < -0.3 is 13.7 Å². The molecule has 120 heavy (non-hydrogen) atoms. The molecule has 0 aliphatic heterocycles. The predicted molar refractivity (Wildman–Crippen MR) is 496 cm³/mol. The smallest absolute Gasteiger partial charge is 0.145 e. The molecule has 0 atom stereocenters. The van der Waals surface area contributed by atoms with Crippen molar-refractivity contribution in [1.29, 1.82) is 0 Å². The first kappa shape index (κ1) is 70.4. The Bertz CT molecular complexity index is 7900. The molecule has 570 valence electrons. The summed E-state index contributed by atoms with van der Waals surface area (Å²) in [5.41, 5.74) is 37.2. The summed E-state index contributed by atoms with van der Waals surface area (Å²) in [5.74, 6) is 1.90. The van der Waals surface area contributed by atoms with Gasteiger partial charge in [-0.15, -0.1) is 0 Å². The molecule has 7 aromatic heterocycles. The lowest BCUT2D eigenvalue weighted by atomic mass is 9.81. The first-order valence-electron chi connectivity index (χ1n) is 41.5. The zero-order valence-electron chi connectivity index (χ0n) is 67.4. The molecular formula is C111H81N9. The van der Waals surface area contributed by atoms with Crippen LogP contribution in [-0.2, 0) is 16.2 Å². The van der Waals surface area contributed by atoms with Gasteiger partial charge in [-0.2, -0.15) is 0 Å². The Hall–Kier alpha value is -15.1. The van der Waals surface area contributed by atoms with E-state index in [-0.39, 0.29) is 16.2 Å². The molecule has 0 unspecified atom stereocenters. The Labute approximate surface area is 695 Å². The molecule has 22 aromatic rings. The standard InChI is InChI=1S/C39H27N3.2C36H27N3/c1-39(2)30-11-5-3-9-28(30)35-31(39)20-22-34-36(35)29-10-4-6-12-33(29)42(34)27-18-15-24(16-19-27)32-21-17-26-14-13-25-8-7-23-40-37(25)38(26)41-32;1-36(2)29-16-8-6-14-27(29)34-33(36)28-15-7-10-18-31(28)38(34)26-22-20-24(21-23-26)35-37-30-17-9-11-19-32(30)39(35)25-12-4-3-5-13-25;1-36(2)29-16-8-6-14-27(29)34-33(36)28-15-7-10-18-31(28)38(34)25-20-22-26(23-21-25)39-32-19-11-9-17-30(32)37-35(39)24-12-4-3-5-13-24/h3-23H,1-2H3;2*3-23H,1-2H3. The number of hydrogen-bond acceptors (Lipinski definition) is 4. The maximum Gasteiger partial charge on any atom is 0.145 e. The third-order valence-electron chi connectivity index (χ3n) is 25.9. The van der Waals surface area contributed by atoms with Gasteiger partial charge in [0.05, 0.1) is 72.2 Å². The van der Waals surface area contributed by atoms with Crippen LogP contribution in [0.4, 0.5) is 0 Å². The summed E-state index contributed by atoms with van der Waals surface area (Å²) in [7, 11) is 0. The molecule has 0 fully saturated rings. The van der Waals surface area contributed by atoms with Gasteiger partial charge in [-0.25, -0.2) is 15.0 Å². The lowest BCUT2D eigenvalue weighted by Crippen LogP contribution is -2.14. The van der Waals surface area contributed by atoms with Crippen LogP contribution in [0, 0.1) is 0 Å². The first-order chi connectivity index (χ1) is 58.8. The first-order valence-corrected chi connectivity index (χ1v) is 41.5. The molecule has 3 aliphatic rings. The van der Waals surface area contributed by atoms with Gasteiger partial charge in [0.25, 0.3) is 0 Å². The highest BCUT2D eigenvalue weighted by Gasteiger charge is 2.43. The predicted octanol–water partition coefficient (Wildman–Crippen LogP) is 27.7. The number of fused-ring (bicyclic) bond motifs is 22. The Kier molecular flexibility index (Phi) is 15.8. The van der Waals surface area contributed by atoms with E-state index in [0.29, 0.717) is 0 Å². The summed E-state index contributed by atoms with van der Waals surface area (Å²) in [4.78, 5) is 19.8. The van der Waals surface area contributed by atoms with Crippen LogP contribution < -0.4 is 0 Å². The number of aromatic nitrogens is 9. The minimum atomic E-state index is -0.0585. The number of nitrogens with zero attached hydrogens (tertiary/aromatic N) is 9. The van der Waals surface area contributed by atoms with Crippen LogP contribution in [-0.4, -0.2) is 42.8 Å². The Morgan fingerprint density at radius 3 is 1.20 bits per heavy atom. The highest BCUT2D eigenvalue weighted by molar-refractivity contribution is 6.18. The van der Waals surface area contributed by atoms with Crippen molar-refractivity contribution in [2.24, 2.45) is 0 Å². The second kappa shape index (κ2) is 27.0. The summed E-state index contributed by atoms with van der Waals surface area (Å²) in [6.07, 6.45) is 1.84. The van der Waals surface area contributed by atoms with E-state index in [1.807, 2.05) is 18.3 Å². The van der Waals surface area contributed by atoms with Crippen molar-refractivity contribution in [1.82, 2.24) is 42.8 Å². The van der Waals surface area contributed by atoms with E-state index in [4.69, 9.17) is 15.0 Å². The van der Waals surface area contributed by atoms with Crippen LogP contribution in [0.15, 0.2) is 382 Å². The van der Waals surface area contributed by atoms with E-state index >= 15 is 0 Å². The molecule has 0 N–H and O–H groups in total. The largest absolute Gasteiger partial charge is 0.309 e. The molecule has 0 saturated carbocycles. The van der Waals surface area contributed by atoms with Gasteiger partial charge in [-0.3, -0.25) is 14.1 Å². The number of pyridine rings is 2. The minimum Gasteiger partial charge on any atom is -0.309 e. The van der Waals surface area contributed by atoms with Crippen molar-refractivity contribution in [2.45, 2.75) is 57.8 Å². The topological polar surface area (TPSA) is 76.2 Å². The van der Waals surface area contributed by atoms with Crippen LogP contribution in [0.5, 0.6) is 0 Å². The molecule has 0 amide bonds. The average molecular weight is 1540 g/mol. The maximum atomic E-state index is 5.07. The van der Waals surface area contributed by atoms with E-state index in [0.717, 1.165) is 106 Å². The van der Waals surface area contributed by atoms with Crippen LogP contribution in [0.1, 0.15) is 74.9 Å². The Morgan fingerprint density at radius 2 is 0.642 bits per heavy atom. The molecule has 9 heteroatoms. The molecular weight excluding hydrogens is 1460 g/mol. The Morgan fingerprint density at radius 1 is 0.242 bits per heavy atom. The molecule has 3 aliphatic carbocycles.